The van der Waals surface area contributed by atoms with E-state index in [4.69, 9.17) is 11.6 Å². The molecular formula is C13H18ClN3O2. The summed E-state index contributed by atoms with van der Waals surface area (Å²) in [6.07, 6.45) is 0. The van der Waals surface area contributed by atoms with Gasteiger partial charge in [-0.05, 0) is 26.1 Å². The maximum absolute atomic E-state index is 11.8. The Morgan fingerprint density at radius 3 is 2.84 bits per heavy atom. The third kappa shape index (κ3) is 2.41. The number of hydrogen-bond acceptors (Lipinski definition) is 4. The first-order valence-electron chi connectivity index (χ1n) is 6.14. The van der Waals surface area contributed by atoms with Crippen molar-refractivity contribution in [3.8, 4) is 0 Å². The van der Waals surface area contributed by atoms with Crippen LogP contribution in [0.15, 0.2) is 12.1 Å². The highest BCUT2D eigenvalue weighted by Crippen LogP contribution is 2.38. The van der Waals surface area contributed by atoms with Crippen molar-refractivity contribution >= 4 is 28.9 Å². The number of carbonyl (C=O) groups excluding carboxylic acids is 1. The number of aliphatic hydroxyl groups is 1. The molecule has 3 N–H and O–H groups in total. The molecule has 0 radical (unpaired) electrons. The lowest BCUT2D eigenvalue weighted by Crippen LogP contribution is -2.32. The second-order valence-corrected chi connectivity index (χ2v) is 5.15. The summed E-state index contributed by atoms with van der Waals surface area (Å²) in [5, 5.41) is 15.6. The van der Waals surface area contributed by atoms with Gasteiger partial charge in [-0.15, -0.1) is 0 Å². The van der Waals surface area contributed by atoms with E-state index in [9.17, 15) is 9.90 Å². The van der Waals surface area contributed by atoms with Crippen molar-refractivity contribution in [2.45, 2.75) is 19.0 Å². The van der Waals surface area contributed by atoms with Crippen LogP contribution in [-0.4, -0.2) is 37.8 Å². The molecule has 5 nitrogen and oxygen atoms in total. The van der Waals surface area contributed by atoms with Gasteiger partial charge < -0.3 is 20.6 Å². The van der Waals surface area contributed by atoms with E-state index in [0.717, 1.165) is 16.9 Å². The lowest BCUT2D eigenvalue weighted by molar-refractivity contribution is -0.117. The molecule has 6 heteroatoms. The summed E-state index contributed by atoms with van der Waals surface area (Å²) in [6, 6.07) is 3.24. The number of benzene rings is 1. The molecule has 1 aliphatic rings. The minimum Gasteiger partial charge on any atom is -0.394 e. The Hall–Kier alpha value is -1.30. The molecule has 2 rings (SSSR count). The van der Waals surface area contributed by atoms with Crippen molar-refractivity contribution in [3.05, 3.63) is 22.7 Å². The van der Waals surface area contributed by atoms with Crippen LogP contribution in [0.3, 0.4) is 0 Å². The first-order chi connectivity index (χ1) is 8.99. The summed E-state index contributed by atoms with van der Waals surface area (Å²) >= 11 is 6.28. The lowest BCUT2D eigenvalue weighted by atomic mass is 10.1. The molecule has 0 aromatic heterocycles. The van der Waals surface area contributed by atoms with Crippen molar-refractivity contribution < 1.29 is 9.90 Å². The van der Waals surface area contributed by atoms with Gasteiger partial charge in [0.1, 0.15) is 6.04 Å². The van der Waals surface area contributed by atoms with Gasteiger partial charge >= 0.3 is 0 Å². The van der Waals surface area contributed by atoms with Crippen molar-refractivity contribution in [2.24, 2.45) is 0 Å². The van der Waals surface area contributed by atoms with Gasteiger partial charge in [0, 0.05) is 24.3 Å². The van der Waals surface area contributed by atoms with E-state index in [2.05, 4.69) is 10.6 Å². The molecule has 0 saturated heterocycles. The summed E-state index contributed by atoms with van der Waals surface area (Å²) in [5.74, 6) is -0.0800. The fraction of sp³-hybridized carbons (Fsp3) is 0.462. The summed E-state index contributed by atoms with van der Waals surface area (Å²) in [7, 11) is 3.60. The number of nitrogens with zero attached hydrogens (tertiary/aromatic N) is 1. The number of rotatable bonds is 4. The van der Waals surface area contributed by atoms with E-state index in [-0.39, 0.29) is 24.6 Å². The number of anilines is 2. The van der Waals surface area contributed by atoms with Crippen LogP contribution in [0.25, 0.3) is 0 Å². The highest BCUT2D eigenvalue weighted by atomic mass is 35.5. The Morgan fingerprint density at radius 2 is 2.26 bits per heavy atom. The third-order valence-electron chi connectivity index (χ3n) is 3.54. The van der Waals surface area contributed by atoms with Gasteiger partial charge in [-0.25, -0.2) is 0 Å². The topological polar surface area (TPSA) is 64.6 Å². The Morgan fingerprint density at radius 1 is 1.58 bits per heavy atom. The fourth-order valence-corrected chi connectivity index (χ4v) is 2.49. The van der Waals surface area contributed by atoms with E-state index in [0.29, 0.717) is 5.02 Å². The van der Waals surface area contributed by atoms with Gasteiger partial charge in [0.15, 0.2) is 0 Å². The Balaban J connectivity index is 2.41. The zero-order valence-electron chi connectivity index (χ0n) is 11.2. The maximum atomic E-state index is 11.8. The van der Waals surface area contributed by atoms with Gasteiger partial charge in [0.25, 0.3) is 0 Å². The zero-order chi connectivity index (χ0) is 14.2. The molecule has 2 unspecified atom stereocenters. The molecule has 2 atom stereocenters. The van der Waals surface area contributed by atoms with Gasteiger partial charge in [-0.1, -0.05) is 11.6 Å². The minimum absolute atomic E-state index is 0.0371. The number of fused-ring (bicyclic) bond motifs is 1. The monoisotopic (exact) mass is 283 g/mol. The number of likely N-dealkylation sites (N-methyl/N-ethyl adjacent to an activating group) is 2. The molecule has 104 valence electrons. The maximum Gasteiger partial charge on any atom is 0.246 e. The number of hydrogen-bond donors (Lipinski definition) is 3. The van der Waals surface area contributed by atoms with Gasteiger partial charge in [-0.2, -0.15) is 0 Å². The van der Waals surface area contributed by atoms with Crippen LogP contribution in [0, 0.1) is 0 Å². The van der Waals surface area contributed by atoms with E-state index in [1.807, 2.05) is 24.9 Å². The van der Waals surface area contributed by atoms with Gasteiger partial charge in [0.2, 0.25) is 5.91 Å². The molecule has 0 aliphatic carbocycles. The highest BCUT2D eigenvalue weighted by molar-refractivity contribution is 6.33. The number of amides is 1. The molecular weight excluding hydrogens is 266 g/mol. The summed E-state index contributed by atoms with van der Waals surface area (Å²) in [6.45, 7) is 1.94. The molecule has 1 aromatic carbocycles. The third-order valence-corrected chi connectivity index (χ3v) is 3.85. The van der Waals surface area contributed by atoms with E-state index < -0.39 is 0 Å². The van der Waals surface area contributed by atoms with Crippen molar-refractivity contribution in [3.63, 3.8) is 0 Å². The van der Waals surface area contributed by atoms with Crippen LogP contribution in [0.1, 0.15) is 18.5 Å². The van der Waals surface area contributed by atoms with Crippen LogP contribution in [0.5, 0.6) is 0 Å². The molecule has 0 fully saturated rings. The predicted molar refractivity (Wildman–Crippen MR) is 76.8 cm³/mol. The average molecular weight is 284 g/mol. The Bertz CT molecular complexity index is 507. The molecule has 0 saturated carbocycles. The van der Waals surface area contributed by atoms with E-state index >= 15 is 0 Å². The largest absolute Gasteiger partial charge is 0.394 e. The molecule has 1 heterocycles. The highest BCUT2D eigenvalue weighted by Gasteiger charge is 2.30. The number of nitrogens with one attached hydrogen (secondary N) is 2. The smallest absolute Gasteiger partial charge is 0.246 e. The van der Waals surface area contributed by atoms with Crippen LogP contribution in [0.2, 0.25) is 5.02 Å². The van der Waals surface area contributed by atoms with Crippen LogP contribution in [0.4, 0.5) is 11.4 Å². The molecule has 19 heavy (non-hydrogen) atoms. The Kier molecular flexibility index (Phi) is 3.99. The molecule has 1 amide bonds. The first kappa shape index (κ1) is 14.1. The number of halogens is 1. The quantitative estimate of drug-likeness (QED) is 0.781. The van der Waals surface area contributed by atoms with Crippen LogP contribution >= 0.6 is 11.6 Å². The fourth-order valence-electron chi connectivity index (χ4n) is 2.19. The van der Waals surface area contributed by atoms with Gasteiger partial charge in [0.05, 0.1) is 17.3 Å². The van der Waals surface area contributed by atoms with E-state index in [1.165, 1.54) is 0 Å². The predicted octanol–water partition coefficient (Wildman–Crippen LogP) is 1.37. The van der Waals surface area contributed by atoms with Crippen LogP contribution < -0.4 is 15.5 Å². The van der Waals surface area contributed by atoms with Crippen molar-refractivity contribution in [2.75, 3.05) is 30.9 Å². The molecule has 0 bridgehead atoms. The second kappa shape index (κ2) is 5.36. The SMILES string of the molecule is CNC1C(=O)Nc2cc(N(C)C(C)CO)c(Cl)cc21. The number of aliphatic hydroxyl groups excluding tert-OH is 1. The summed E-state index contributed by atoms with van der Waals surface area (Å²) in [5.41, 5.74) is 2.41. The standard InChI is InChI=1S/C13H18ClN3O2/c1-7(6-18)17(3)11-5-10-8(4-9(11)14)12(15-2)13(19)16-10/h4-5,7,12,15,18H,6H2,1-3H3,(H,16,19). The van der Waals surface area contributed by atoms with Gasteiger partial charge in [-0.3, -0.25) is 4.79 Å². The van der Waals surface area contributed by atoms with Crippen molar-refractivity contribution in [1.82, 2.24) is 5.32 Å². The lowest BCUT2D eigenvalue weighted by Gasteiger charge is -2.27. The summed E-state index contributed by atoms with van der Waals surface area (Å²) in [4.78, 5) is 13.7. The van der Waals surface area contributed by atoms with Crippen LogP contribution in [-0.2, 0) is 4.79 Å². The minimum atomic E-state index is -0.359. The van der Waals surface area contributed by atoms with Crippen molar-refractivity contribution in [1.29, 1.82) is 0 Å². The normalized spacial score (nSPS) is 19.0. The Labute approximate surface area is 117 Å². The second-order valence-electron chi connectivity index (χ2n) is 4.74. The zero-order valence-corrected chi connectivity index (χ0v) is 12.0. The molecule has 1 aromatic rings. The first-order valence-corrected chi connectivity index (χ1v) is 6.52. The number of carbonyl (C=O) groups is 1. The summed E-state index contributed by atoms with van der Waals surface area (Å²) < 4.78 is 0. The average Bonchev–Trinajstić information content (AvgIpc) is 2.70. The molecule has 1 aliphatic heterocycles. The molecule has 0 spiro atoms. The van der Waals surface area contributed by atoms with E-state index in [1.54, 1.807) is 13.1 Å².